The van der Waals surface area contributed by atoms with Gasteiger partial charge in [0.1, 0.15) is 22.5 Å². The summed E-state index contributed by atoms with van der Waals surface area (Å²) in [4.78, 5) is 12.7. The van der Waals surface area contributed by atoms with E-state index < -0.39 is 49.2 Å². The van der Waals surface area contributed by atoms with Crippen molar-refractivity contribution in [3.8, 4) is 34.3 Å². The molecule has 3 aromatic rings. The molecule has 1 N–H and O–H groups in total. The van der Waals surface area contributed by atoms with Crippen molar-refractivity contribution in [3.63, 3.8) is 0 Å². The maximum atomic E-state index is 12.7. The van der Waals surface area contributed by atoms with Gasteiger partial charge in [0.2, 0.25) is 5.75 Å². The van der Waals surface area contributed by atoms with E-state index in [-0.39, 0.29) is 17.1 Å². The summed E-state index contributed by atoms with van der Waals surface area (Å²) in [5.41, 5.74) is -0.773. The number of aromatic hydroxyl groups is 1. The van der Waals surface area contributed by atoms with Crippen LogP contribution in [0, 0.1) is 0 Å². The van der Waals surface area contributed by atoms with Crippen LogP contribution in [0.4, 0.5) is 0 Å². The molecular weight excluding hydrogens is 312 g/mol. The van der Waals surface area contributed by atoms with Gasteiger partial charge in [0, 0.05) is 17.7 Å². The van der Waals surface area contributed by atoms with Gasteiger partial charge < -0.3 is 23.7 Å². The zero-order chi connectivity index (χ0) is 24.8. The van der Waals surface area contributed by atoms with Crippen LogP contribution in [-0.4, -0.2) is 26.2 Å². The summed E-state index contributed by atoms with van der Waals surface area (Å²) in [6.07, 6.45) is 0. The normalized spacial score (nSPS) is 17.8. The van der Waals surface area contributed by atoms with E-state index in [1.165, 1.54) is 24.3 Å². The van der Waals surface area contributed by atoms with Crippen molar-refractivity contribution in [1.82, 2.24) is 0 Å². The first-order valence-corrected chi connectivity index (χ1v) is 6.54. The van der Waals surface area contributed by atoms with E-state index in [1.807, 2.05) is 0 Å². The fraction of sp³-hybridized carbons (Fsp3) is 0.167. The number of rotatable bonds is 4. The molecule has 1 aromatic heterocycles. The van der Waals surface area contributed by atoms with Crippen LogP contribution in [0.15, 0.2) is 45.6 Å². The Hall–Kier alpha value is -3.15. The zero-order valence-electron chi connectivity index (χ0n) is 21.0. The maximum Gasteiger partial charge on any atom is 0.204 e. The van der Waals surface area contributed by atoms with Gasteiger partial charge in [-0.3, -0.25) is 4.79 Å². The molecule has 0 bridgehead atoms. The summed E-state index contributed by atoms with van der Waals surface area (Å²) >= 11 is 0. The summed E-state index contributed by atoms with van der Waals surface area (Å²) < 4.78 is 84.6. The summed E-state index contributed by atoms with van der Waals surface area (Å²) in [6.45, 7) is 0. The van der Waals surface area contributed by atoms with Gasteiger partial charge in [-0.25, -0.2) is 0 Å². The highest BCUT2D eigenvalue weighted by Gasteiger charge is 2.19. The third kappa shape index (κ3) is 2.52. The third-order valence-corrected chi connectivity index (χ3v) is 3.38. The lowest BCUT2D eigenvalue weighted by Crippen LogP contribution is -2.02. The smallest absolute Gasteiger partial charge is 0.204 e. The van der Waals surface area contributed by atoms with Gasteiger partial charge in [-0.2, -0.15) is 0 Å². The van der Waals surface area contributed by atoms with Crippen LogP contribution in [0.3, 0.4) is 0 Å². The van der Waals surface area contributed by atoms with Gasteiger partial charge >= 0.3 is 0 Å². The Labute approximate surface area is 150 Å². The summed E-state index contributed by atoms with van der Waals surface area (Å²) in [7, 11) is -8.78. The quantitative estimate of drug-likeness (QED) is 0.788. The molecule has 0 saturated heterocycles. The first kappa shape index (κ1) is 8.10. The molecule has 0 aliphatic heterocycles. The van der Waals surface area contributed by atoms with Crippen molar-refractivity contribution in [2.75, 3.05) is 21.1 Å². The maximum absolute atomic E-state index is 12.7. The highest BCUT2D eigenvalue weighted by molar-refractivity contribution is 5.89. The molecule has 0 saturated carbocycles. The molecule has 0 spiro atoms. The summed E-state index contributed by atoms with van der Waals surface area (Å²) in [5, 5.41) is 10.0. The van der Waals surface area contributed by atoms with Crippen molar-refractivity contribution >= 4 is 11.0 Å². The lowest BCUT2D eigenvalue weighted by atomic mass is 10.1. The molecule has 0 atom stereocenters. The van der Waals surface area contributed by atoms with E-state index in [2.05, 4.69) is 4.74 Å². The van der Waals surface area contributed by atoms with Crippen LogP contribution in [0.1, 0.15) is 12.3 Å². The molecule has 2 aromatic carbocycles. The number of phenols is 1. The van der Waals surface area contributed by atoms with Crippen molar-refractivity contribution in [1.29, 1.82) is 0 Å². The second-order valence-electron chi connectivity index (χ2n) is 4.73. The predicted molar refractivity (Wildman–Crippen MR) is 89.2 cm³/mol. The minimum atomic E-state index is -3.09. The third-order valence-electron chi connectivity index (χ3n) is 3.38. The van der Waals surface area contributed by atoms with E-state index in [1.54, 1.807) is 0 Å². The van der Waals surface area contributed by atoms with Crippen LogP contribution >= 0.6 is 0 Å². The Morgan fingerprint density at radius 1 is 1.04 bits per heavy atom. The molecule has 0 fully saturated rings. The van der Waals surface area contributed by atoms with Gasteiger partial charge in [0.05, 0.1) is 33.5 Å². The minimum absolute atomic E-state index is 0.0170. The number of hydrogen-bond acceptors (Lipinski definition) is 6. The van der Waals surface area contributed by atoms with E-state index >= 15 is 0 Å². The van der Waals surface area contributed by atoms with Crippen molar-refractivity contribution in [2.24, 2.45) is 0 Å². The van der Waals surface area contributed by atoms with Crippen LogP contribution in [-0.2, 0) is 0 Å². The Kier molecular flexibility index (Phi) is 2.08. The Bertz CT molecular complexity index is 1220. The second kappa shape index (κ2) is 6.16. The molecule has 6 heteroatoms. The van der Waals surface area contributed by atoms with Crippen molar-refractivity contribution in [3.05, 3.63) is 46.6 Å². The Morgan fingerprint density at radius 2 is 1.79 bits per heavy atom. The van der Waals surface area contributed by atoms with Crippen LogP contribution < -0.4 is 19.6 Å². The molecule has 24 heavy (non-hydrogen) atoms. The number of fused-ring (bicyclic) bond motifs is 1. The predicted octanol–water partition coefficient (Wildman–Crippen LogP) is 3.19. The largest absolute Gasteiger partial charge is 0.504 e. The van der Waals surface area contributed by atoms with Crippen LogP contribution in [0.5, 0.6) is 23.0 Å². The summed E-state index contributed by atoms with van der Waals surface area (Å²) in [5.74, 6) is -2.48. The number of methoxy groups -OCH3 is 3. The van der Waals surface area contributed by atoms with Gasteiger partial charge in [0.15, 0.2) is 16.9 Å². The van der Waals surface area contributed by atoms with E-state index in [0.717, 1.165) is 12.1 Å². The fourth-order valence-corrected chi connectivity index (χ4v) is 2.27. The number of hydrogen-bond donors (Lipinski definition) is 1. The van der Waals surface area contributed by atoms with Gasteiger partial charge in [-0.1, -0.05) is 0 Å². The molecule has 1 heterocycles. The summed E-state index contributed by atoms with van der Waals surface area (Å²) in [6, 6.07) is 7.41. The highest BCUT2D eigenvalue weighted by Crippen LogP contribution is 2.42. The molecule has 0 aliphatic carbocycles. The van der Waals surface area contributed by atoms with Crippen LogP contribution in [0.2, 0.25) is 0 Å². The molecule has 0 radical (unpaired) electrons. The number of phenolic OH excluding ortho intramolecular Hbond substituents is 1. The highest BCUT2D eigenvalue weighted by atomic mass is 16.5. The van der Waals surface area contributed by atoms with E-state index in [0.29, 0.717) is 5.56 Å². The van der Waals surface area contributed by atoms with Crippen LogP contribution in [0.25, 0.3) is 22.3 Å². The average molecular weight is 337 g/mol. The molecule has 0 aliphatic rings. The van der Waals surface area contributed by atoms with Gasteiger partial charge in [-0.05, 0) is 24.3 Å². The lowest BCUT2D eigenvalue weighted by molar-refractivity contribution is 0.334. The minimum Gasteiger partial charge on any atom is -0.504 e. The first-order valence-electron chi connectivity index (χ1n) is 11.0. The Balaban J connectivity index is 2.15. The first-order chi connectivity index (χ1) is 15.0. The molecule has 0 amide bonds. The molecule has 0 unspecified atom stereocenters. The topological polar surface area (TPSA) is 78.1 Å². The number of benzene rings is 2. The van der Waals surface area contributed by atoms with Crippen molar-refractivity contribution in [2.45, 2.75) is 0 Å². The monoisotopic (exact) mass is 337 g/mol. The zero-order valence-corrected chi connectivity index (χ0v) is 12.0. The molecular formula is C18H16O6. The average Bonchev–Trinajstić information content (AvgIpc) is 2.61. The molecule has 124 valence electrons. The SMILES string of the molecule is [2H]C([2H])([2H])Oc1ccc(-c2cc(=O)c3c(O)c(OC([2H])([2H])[2H])c(OC([2H])([2H])[2H])cc3o2)cc1. The number of ether oxygens (including phenoxy) is 3. The Morgan fingerprint density at radius 3 is 2.50 bits per heavy atom. The lowest BCUT2D eigenvalue weighted by Gasteiger charge is -2.12. The second-order valence-corrected chi connectivity index (χ2v) is 4.73. The van der Waals surface area contributed by atoms with E-state index in [4.69, 9.17) is 26.2 Å². The standard InChI is InChI=1S/C18H16O6/c1-21-11-6-4-10(5-7-11)13-8-12(19)16-14(24-13)9-15(22-2)18(23-3)17(16)20/h4-9,20H,1-3H3/i1D3,2D3,3D3. The van der Waals surface area contributed by atoms with Gasteiger partial charge in [-0.15, -0.1) is 0 Å². The fourth-order valence-electron chi connectivity index (χ4n) is 2.27. The van der Waals surface area contributed by atoms with Crippen molar-refractivity contribution < 1.29 is 36.1 Å². The van der Waals surface area contributed by atoms with E-state index in [9.17, 15) is 9.90 Å². The van der Waals surface area contributed by atoms with Gasteiger partial charge in [0.25, 0.3) is 0 Å². The molecule has 6 nitrogen and oxygen atoms in total. The molecule has 3 rings (SSSR count).